The molecule has 0 bridgehead atoms. The number of anilines is 2. The molecule has 0 radical (unpaired) electrons. The Balaban J connectivity index is 1.46. The summed E-state index contributed by atoms with van der Waals surface area (Å²) < 4.78 is 34.8. The summed E-state index contributed by atoms with van der Waals surface area (Å²) in [6.45, 7) is 6.15. The molecule has 0 amide bonds. The van der Waals surface area contributed by atoms with Crippen molar-refractivity contribution >= 4 is 17.1 Å². The van der Waals surface area contributed by atoms with E-state index in [-0.39, 0.29) is 0 Å². The van der Waals surface area contributed by atoms with Gasteiger partial charge in [-0.2, -0.15) is 5.10 Å². The normalized spacial score (nSPS) is 10.8. The lowest BCUT2D eigenvalue weighted by Gasteiger charge is -2.15. The maximum Gasteiger partial charge on any atom is 0.134 e. The lowest BCUT2D eigenvalue weighted by Crippen LogP contribution is -1.97. The molecule has 0 aliphatic rings. The van der Waals surface area contributed by atoms with Crippen LogP contribution in [0.5, 0.6) is 11.5 Å². The van der Waals surface area contributed by atoms with E-state index in [0.717, 1.165) is 28.5 Å². The minimum Gasteiger partial charge on any atom is -0.457 e. The highest BCUT2D eigenvalue weighted by molar-refractivity contribution is 5.69. The molecule has 4 aromatic rings. The fourth-order valence-corrected chi connectivity index (χ4v) is 3.60. The van der Waals surface area contributed by atoms with Crippen LogP contribution in [-0.2, 0) is 13.5 Å². The van der Waals surface area contributed by atoms with Crippen molar-refractivity contribution in [1.29, 1.82) is 0 Å². The molecule has 2 aromatic heterocycles. The Morgan fingerprint density at radius 1 is 1.12 bits per heavy atom. The molecule has 0 fully saturated rings. The number of pyridine rings is 1. The third-order valence-electron chi connectivity index (χ3n) is 5.24. The highest BCUT2D eigenvalue weighted by Gasteiger charge is 2.11. The van der Waals surface area contributed by atoms with Gasteiger partial charge >= 0.3 is 0 Å². The summed E-state index contributed by atoms with van der Waals surface area (Å²) in [5, 5.41) is 7.33. The molecular formula is C26H24F2N4O. The van der Waals surface area contributed by atoms with Crippen LogP contribution in [0.3, 0.4) is 0 Å². The molecule has 168 valence electrons. The summed E-state index contributed by atoms with van der Waals surface area (Å²) in [4.78, 5) is 4.32. The number of rotatable bonds is 8. The molecule has 1 N–H and O–H groups in total. The summed E-state index contributed by atoms with van der Waals surface area (Å²) in [5.41, 5.74) is 4.19. The molecule has 2 heterocycles. The summed E-state index contributed by atoms with van der Waals surface area (Å²) in [5.74, 6) is 0.830. The van der Waals surface area contributed by atoms with E-state index in [1.54, 1.807) is 23.1 Å². The number of ether oxygens (including phenoxy) is 1. The Morgan fingerprint density at radius 2 is 1.91 bits per heavy atom. The number of allylic oxidation sites excluding steroid dienone is 1. The number of hydrogen-bond acceptors (Lipinski definition) is 4. The van der Waals surface area contributed by atoms with Crippen LogP contribution in [0.4, 0.5) is 20.3 Å². The van der Waals surface area contributed by atoms with Crippen molar-refractivity contribution in [2.75, 3.05) is 5.32 Å². The van der Waals surface area contributed by atoms with Crippen molar-refractivity contribution < 1.29 is 13.5 Å². The van der Waals surface area contributed by atoms with Crippen LogP contribution in [0.1, 0.15) is 23.1 Å². The second-order valence-electron chi connectivity index (χ2n) is 7.82. The number of nitrogens with zero attached hydrogens (tertiary/aromatic N) is 3. The Labute approximate surface area is 191 Å². The molecule has 4 rings (SSSR count). The van der Waals surface area contributed by atoms with Gasteiger partial charge in [-0.05, 0) is 66.3 Å². The quantitative estimate of drug-likeness (QED) is 0.332. The maximum atomic E-state index is 13.5. The standard InChI is InChI=1S/C26H24F2N4O/c1-17(7-8-19-11-20(27)13-21(28)12-19)24-5-4-6-25(18(24)2)33-23-9-10-29-26(14-23)31-22-15-30-32(3)16-22/h4-6,9-16H,1,7-8H2,2-3H3,(H,29,31). The first-order valence-electron chi connectivity index (χ1n) is 10.5. The first-order valence-corrected chi connectivity index (χ1v) is 10.5. The van der Waals surface area contributed by atoms with Crippen molar-refractivity contribution in [3.63, 3.8) is 0 Å². The van der Waals surface area contributed by atoms with Gasteiger partial charge in [-0.3, -0.25) is 4.68 Å². The Kier molecular flexibility index (Phi) is 6.49. The fraction of sp³-hybridized carbons (Fsp3) is 0.154. The van der Waals surface area contributed by atoms with Crippen molar-refractivity contribution in [2.24, 2.45) is 7.05 Å². The van der Waals surface area contributed by atoms with Crippen molar-refractivity contribution in [1.82, 2.24) is 14.8 Å². The largest absolute Gasteiger partial charge is 0.457 e. The van der Waals surface area contributed by atoms with Gasteiger partial charge in [0.25, 0.3) is 0 Å². The van der Waals surface area contributed by atoms with E-state index in [1.807, 2.05) is 44.4 Å². The minimum absolute atomic E-state index is 0.492. The number of benzene rings is 2. The van der Waals surface area contributed by atoms with E-state index in [2.05, 4.69) is 22.0 Å². The Hall–Kier alpha value is -4.00. The molecule has 0 aliphatic heterocycles. The monoisotopic (exact) mass is 446 g/mol. The smallest absolute Gasteiger partial charge is 0.134 e. The SMILES string of the molecule is C=C(CCc1cc(F)cc(F)c1)c1cccc(Oc2ccnc(Nc3cnn(C)c3)c2)c1C. The van der Waals surface area contributed by atoms with Gasteiger partial charge < -0.3 is 10.1 Å². The van der Waals surface area contributed by atoms with Crippen LogP contribution in [0.25, 0.3) is 5.57 Å². The molecule has 7 heteroatoms. The van der Waals surface area contributed by atoms with Gasteiger partial charge in [0.2, 0.25) is 0 Å². The van der Waals surface area contributed by atoms with Crippen LogP contribution in [-0.4, -0.2) is 14.8 Å². The van der Waals surface area contributed by atoms with E-state index in [0.29, 0.717) is 35.7 Å². The first-order chi connectivity index (χ1) is 15.9. The topological polar surface area (TPSA) is 52.0 Å². The van der Waals surface area contributed by atoms with Gasteiger partial charge in [0.1, 0.15) is 29.0 Å². The summed E-state index contributed by atoms with van der Waals surface area (Å²) in [6, 6.07) is 12.9. The molecule has 0 spiro atoms. The predicted octanol–water partition coefficient (Wildman–Crippen LogP) is 6.58. The van der Waals surface area contributed by atoms with Gasteiger partial charge in [-0.15, -0.1) is 0 Å². The van der Waals surface area contributed by atoms with Crippen molar-refractivity contribution in [3.05, 3.63) is 102 Å². The van der Waals surface area contributed by atoms with Crippen LogP contribution < -0.4 is 10.1 Å². The number of hydrogen-bond donors (Lipinski definition) is 1. The number of aryl methyl sites for hydroxylation is 2. The summed E-state index contributed by atoms with van der Waals surface area (Å²) in [7, 11) is 1.85. The Morgan fingerprint density at radius 3 is 2.64 bits per heavy atom. The first kappa shape index (κ1) is 22.2. The average Bonchev–Trinajstić information content (AvgIpc) is 3.17. The van der Waals surface area contributed by atoms with Gasteiger partial charge in [-0.25, -0.2) is 13.8 Å². The molecule has 0 atom stereocenters. The highest BCUT2D eigenvalue weighted by atomic mass is 19.1. The lowest BCUT2D eigenvalue weighted by atomic mass is 9.96. The van der Waals surface area contributed by atoms with E-state index in [4.69, 9.17) is 4.74 Å². The second-order valence-corrected chi connectivity index (χ2v) is 7.82. The van der Waals surface area contributed by atoms with Crippen LogP contribution >= 0.6 is 0 Å². The Bertz CT molecular complexity index is 1280. The van der Waals surface area contributed by atoms with Gasteiger partial charge in [-0.1, -0.05) is 18.7 Å². The van der Waals surface area contributed by atoms with Crippen LogP contribution in [0.2, 0.25) is 0 Å². The average molecular weight is 447 g/mol. The maximum absolute atomic E-state index is 13.5. The third kappa shape index (κ3) is 5.63. The predicted molar refractivity (Wildman–Crippen MR) is 126 cm³/mol. The number of aromatic nitrogens is 3. The van der Waals surface area contributed by atoms with Crippen LogP contribution in [0.15, 0.2) is 73.7 Å². The molecule has 2 aromatic carbocycles. The molecular weight excluding hydrogens is 422 g/mol. The zero-order valence-corrected chi connectivity index (χ0v) is 18.5. The molecule has 33 heavy (non-hydrogen) atoms. The summed E-state index contributed by atoms with van der Waals surface area (Å²) in [6.07, 6.45) is 6.30. The number of nitrogens with one attached hydrogen (secondary N) is 1. The van der Waals surface area contributed by atoms with E-state index < -0.39 is 11.6 Å². The second kappa shape index (κ2) is 9.65. The molecule has 0 saturated carbocycles. The molecule has 0 unspecified atom stereocenters. The van der Waals surface area contributed by atoms with E-state index in [1.165, 1.54) is 12.1 Å². The zero-order valence-electron chi connectivity index (χ0n) is 18.5. The fourth-order valence-electron chi connectivity index (χ4n) is 3.60. The minimum atomic E-state index is -0.572. The zero-order chi connectivity index (χ0) is 23.4. The van der Waals surface area contributed by atoms with Gasteiger partial charge in [0, 0.05) is 31.6 Å². The van der Waals surface area contributed by atoms with E-state index >= 15 is 0 Å². The van der Waals surface area contributed by atoms with E-state index in [9.17, 15) is 8.78 Å². The highest BCUT2D eigenvalue weighted by Crippen LogP contribution is 2.32. The molecule has 0 aliphatic carbocycles. The van der Waals surface area contributed by atoms with Gasteiger partial charge in [0.05, 0.1) is 11.9 Å². The van der Waals surface area contributed by atoms with Crippen molar-refractivity contribution in [2.45, 2.75) is 19.8 Å². The lowest BCUT2D eigenvalue weighted by molar-refractivity contribution is 0.478. The van der Waals surface area contributed by atoms with Crippen molar-refractivity contribution in [3.8, 4) is 11.5 Å². The molecule has 0 saturated heterocycles. The molecule has 5 nitrogen and oxygen atoms in total. The third-order valence-corrected chi connectivity index (χ3v) is 5.24. The van der Waals surface area contributed by atoms with Gasteiger partial charge in [0.15, 0.2) is 0 Å². The van der Waals surface area contributed by atoms with Crippen LogP contribution in [0, 0.1) is 18.6 Å². The summed E-state index contributed by atoms with van der Waals surface area (Å²) >= 11 is 0. The number of halogens is 2.